The van der Waals surface area contributed by atoms with Gasteiger partial charge in [0.2, 0.25) is 0 Å². The van der Waals surface area contributed by atoms with Gasteiger partial charge in [-0.05, 0) is 42.3 Å². The highest BCUT2D eigenvalue weighted by molar-refractivity contribution is 9.12. The standard InChI is InChI=1S/C12H17BrS/c1-5-7-12(11(13)6-2)14-9-8-10(3)4/h5-7H,1,3,8-9H2,2,4H3/b11-6+,12-7+. The van der Waals surface area contributed by atoms with E-state index < -0.39 is 0 Å². The van der Waals surface area contributed by atoms with E-state index in [1.807, 2.05) is 36.9 Å². The summed E-state index contributed by atoms with van der Waals surface area (Å²) in [4.78, 5) is 1.23. The van der Waals surface area contributed by atoms with Gasteiger partial charge in [0.1, 0.15) is 0 Å². The fourth-order valence-corrected chi connectivity index (χ4v) is 2.38. The van der Waals surface area contributed by atoms with Gasteiger partial charge >= 0.3 is 0 Å². The number of halogens is 1. The Bertz CT molecular complexity index is 261. The van der Waals surface area contributed by atoms with Crippen molar-refractivity contribution < 1.29 is 0 Å². The van der Waals surface area contributed by atoms with E-state index in [-0.39, 0.29) is 0 Å². The molecule has 0 fully saturated rings. The Morgan fingerprint density at radius 2 is 2.14 bits per heavy atom. The number of hydrogen-bond donors (Lipinski definition) is 0. The maximum absolute atomic E-state index is 3.88. The fourth-order valence-electron chi connectivity index (χ4n) is 0.781. The van der Waals surface area contributed by atoms with Crippen LogP contribution in [0.4, 0.5) is 0 Å². The molecule has 0 aliphatic rings. The van der Waals surface area contributed by atoms with E-state index in [0.717, 1.165) is 16.7 Å². The first-order valence-electron chi connectivity index (χ1n) is 4.54. The minimum absolute atomic E-state index is 1.06. The molecule has 0 amide bonds. The highest BCUT2D eigenvalue weighted by Crippen LogP contribution is 2.29. The van der Waals surface area contributed by atoms with E-state index in [4.69, 9.17) is 0 Å². The Labute approximate surface area is 100.0 Å². The maximum atomic E-state index is 3.88. The minimum Gasteiger partial charge on any atom is -0.125 e. The second-order valence-electron chi connectivity index (χ2n) is 2.96. The molecule has 0 aromatic carbocycles. The van der Waals surface area contributed by atoms with E-state index in [0.29, 0.717) is 0 Å². The van der Waals surface area contributed by atoms with E-state index in [2.05, 4.69) is 36.0 Å². The summed E-state index contributed by atoms with van der Waals surface area (Å²) in [6, 6.07) is 0. The quantitative estimate of drug-likeness (QED) is 0.482. The molecule has 0 aliphatic heterocycles. The Hall–Kier alpha value is -0.210. The SMILES string of the molecule is C=C/C=C(SCCC(=C)C)\C(Br)=C/C. The first-order valence-corrected chi connectivity index (χ1v) is 6.31. The lowest BCUT2D eigenvalue weighted by atomic mass is 10.3. The van der Waals surface area contributed by atoms with Gasteiger partial charge in [0.15, 0.2) is 0 Å². The van der Waals surface area contributed by atoms with Crippen molar-refractivity contribution in [3.63, 3.8) is 0 Å². The zero-order chi connectivity index (χ0) is 11.0. The van der Waals surface area contributed by atoms with Crippen LogP contribution in [0.25, 0.3) is 0 Å². The summed E-state index contributed by atoms with van der Waals surface area (Å²) >= 11 is 5.33. The highest BCUT2D eigenvalue weighted by atomic mass is 79.9. The van der Waals surface area contributed by atoms with E-state index in [9.17, 15) is 0 Å². The Morgan fingerprint density at radius 1 is 1.50 bits per heavy atom. The summed E-state index contributed by atoms with van der Waals surface area (Å²) in [5, 5.41) is 0. The predicted molar refractivity (Wildman–Crippen MR) is 72.9 cm³/mol. The second-order valence-corrected chi connectivity index (χ2v) is 4.95. The fraction of sp³-hybridized carbons (Fsp3) is 0.333. The Kier molecular flexibility index (Phi) is 8.01. The van der Waals surface area contributed by atoms with Crippen molar-refractivity contribution in [2.24, 2.45) is 0 Å². The lowest BCUT2D eigenvalue weighted by Crippen LogP contribution is -1.83. The second kappa shape index (κ2) is 8.13. The molecule has 0 aromatic heterocycles. The molecule has 0 saturated heterocycles. The predicted octanol–water partition coefficient (Wildman–Crippen LogP) is 5.05. The van der Waals surface area contributed by atoms with E-state index in [1.54, 1.807) is 0 Å². The van der Waals surface area contributed by atoms with Crippen LogP contribution in [0.5, 0.6) is 0 Å². The number of rotatable bonds is 6. The van der Waals surface area contributed by atoms with Crippen LogP contribution in [-0.4, -0.2) is 5.75 Å². The van der Waals surface area contributed by atoms with Crippen molar-refractivity contribution in [1.29, 1.82) is 0 Å². The van der Waals surface area contributed by atoms with Gasteiger partial charge in [-0.3, -0.25) is 0 Å². The molecule has 0 saturated carbocycles. The molecule has 0 nitrogen and oxygen atoms in total. The van der Waals surface area contributed by atoms with Crippen molar-refractivity contribution in [3.05, 3.63) is 46.3 Å². The number of allylic oxidation sites excluding steroid dienone is 5. The smallest absolute Gasteiger partial charge is 0.0268 e. The highest BCUT2D eigenvalue weighted by Gasteiger charge is 2.00. The summed E-state index contributed by atoms with van der Waals surface area (Å²) in [5.74, 6) is 1.07. The zero-order valence-corrected chi connectivity index (χ0v) is 11.2. The van der Waals surface area contributed by atoms with Crippen LogP contribution in [0.2, 0.25) is 0 Å². The average Bonchev–Trinajstić information content (AvgIpc) is 2.15. The molecule has 0 rings (SSSR count). The monoisotopic (exact) mass is 272 g/mol. The van der Waals surface area contributed by atoms with Gasteiger partial charge in [0.05, 0.1) is 0 Å². The van der Waals surface area contributed by atoms with Crippen molar-refractivity contribution in [2.75, 3.05) is 5.75 Å². The van der Waals surface area contributed by atoms with Gasteiger partial charge in [-0.1, -0.05) is 24.3 Å². The summed E-state index contributed by atoms with van der Waals surface area (Å²) in [7, 11) is 0. The van der Waals surface area contributed by atoms with Gasteiger partial charge in [-0.15, -0.1) is 18.3 Å². The molecule has 78 valence electrons. The van der Waals surface area contributed by atoms with Gasteiger partial charge in [-0.25, -0.2) is 0 Å². The van der Waals surface area contributed by atoms with Crippen molar-refractivity contribution in [3.8, 4) is 0 Å². The summed E-state index contributed by atoms with van der Waals surface area (Å²) in [6.07, 6.45) is 6.94. The lowest BCUT2D eigenvalue weighted by Gasteiger charge is -2.05. The minimum atomic E-state index is 1.06. The number of hydrogen-bond acceptors (Lipinski definition) is 1. The van der Waals surface area contributed by atoms with Gasteiger partial charge in [-0.2, -0.15) is 0 Å². The topological polar surface area (TPSA) is 0 Å². The van der Waals surface area contributed by atoms with Crippen LogP contribution in [-0.2, 0) is 0 Å². The average molecular weight is 273 g/mol. The summed E-state index contributed by atoms with van der Waals surface area (Å²) in [6.45, 7) is 11.7. The molecule has 0 spiro atoms. The largest absolute Gasteiger partial charge is 0.125 e. The van der Waals surface area contributed by atoms with Crippen molar-refractivity contribution in [2.45, 2.75) is 20.3 Å². The molecule has 2 heteroatoms. The molecule has 0 radical (unpaired) electrons. The normalized spacial score (nSPS) is 12.8. The van der Waals surface area contributed by atoms with Crippen LogP contribution in [0.1, 0.15) is 20.3 Å². The molecule has 14 heavy (non-hydrogen) atoms. The molecule has 0 aliphatic carbocycles. The van der Waals surface area contributed by atoms with Crippen LogP contribution >= 0.6 is 27.7 Å². The molecular formula is C12H17BrS. The molecule has 0 aromatic rings. The van der Waals surface area contributed by atoms with Gasteiger partial charge < -0.3 is 0 Å². The lowest BCUT2D eigenvalue weighted by molar-refractivity contribution is 1.13. The third-order valence-corrected chi connectivity index (χ3v) is 3.77. The maximum Gasteiger partial charge on any atom is 0.0268 e. The Morgan fingerprint density at radius 3 is 2.57 bits per heavy atom. The third kappa shape index (κ3) is 6.28. The molecular weight excluding hydrogens is 256 g/mol. The van der Waals surface area contributed by atoms with Crippen molar-refractivity contribution in [1.82, 2.24) is 0 Å². The first kappa shape index (κ1) is 13.8. The van der Waals surface area contributed by atoms with Crippen LogP contribution in [0.3, 0.4) is 0 Å². The third-order valence-electron chi connectivity index (χ3n) is 1.54. The first-order chi connectivity index (χ1) is 6.61. The number of thioether (sulfide) groups is 1. The molecule has 0 atom stereocenters. The van der Waals surface area contributed by atoms with Crippen LogP contribution in [0.15, 0.2) is 46.3 Å². The van der Waals surface area contributed by atoms with E-state index >= 15 is 0 Å². The van der Waals surface area contributed by atoms with E-state index in [1.165, 1.54) is 10.5 Å². The van der Waals surface area contributed by atoms with Crippen molar-refractivity contribution >= 4 is 27.7 Å². The summed E-state index contributed by atoms with van der Waals surface area (Å²) < 4.78 is 1.13. The van der Waals surface area contributed by atoms with Gasteiger partial charge in [0, 0.05) is 15.1 Å². The molecule has 0 bridgehead atoms. The van der Waals surface area contributed by atoms with Crippen LogP contribution < -0.4 is 0 Å². The molecule has 0 unspecified atom stereocenters. The molecule has 0 N–H and O–H groups in total. The summed E-state index contributed by atoms with van der Waals surface area (Å²) in [5.41, 5.74) is 1.23. The zero-order valence-electron chi connectivity index (χ0n) is 8.85. The Balaban J connectivity index is 4.19. The van der Waals surface area contributed by atoms with Gasteiger partial charge in [0.25, 0.3) is 0 Å². The molecule has 0 heterocycles. The van der Waals surface area contributed by atoms with Crippen LogP contribution in [0, 0.1) is 0 Å².